The molecule has 1 aromatic carbocycles. The molecule has 3 heterocycles. The Balaban J connectivity index is 1.40. The molecule has 170 valence electrons. The van der Waals surface area contributed by atoms with Crippen molar-refractivity contribution in [2.45, 2.75) is 49.4 Å². The first kappa shape index (κ1) is 22.7. The lowest BCUT2D eigenvalue weighted by atomic mass is 9.93. The molecule has 2 amide bonds. The number of piperidine rings is 1. The van der Waals surface area contributed by atoms with Gasteiger partial charge in [-0.15, -0.1) is 11.3 Å². The molecule has 1 unspecified atom stereocenters. The molecule has 0 bridgehead atoms. The van der Waals surface area contributed by atoms with Gasteiger partial charge in [-0.1, -0.05) is 30.7 Å². The van der Waals surface area contributed by atoms with Gasteiger partial charge in [-0.05, 0) is 42.2 Å². The molecule has 7 nitrogen and oxygen atoms in total. The number of hydrogen-bond donors (Lipinski definition) is 1. The van der Waals surface area contributed by atoms with Gasteiger partial charge in [0.05, 0.1) is 19.0 Å². The summed E-state index contributed by atoms with van der Waals surface area (Å²) in [5.74, 6) is -0.320. The fourth-order valence-corrected chi connectivity index (χ4v) is 7.14. The lowest BCUT2D eigenvalue weighted by molar-refractivity contribution is -0.130. The van der Waals surface area contributed by atoms with Crippen molar-refractivity contribution in [2.24, 2.45) is 0 Å². The van der Waals surface area contributed by atoms with Gasteiger partial charge < -0.3 is 10.2 Å². The molecular weight excluding hydrogens is 446 g/mol. The third kappa shape index (κ3) is 4.79. The minimum atomic E-state index is -3.47. The summed E-state index contributed by atoms with van der Waals surface area (Å²) in [4.78, 5) is 27.2. The Morgan fingerprint density at radius 1 is 1.09 bits per heavy atom. The van der Waals surface area contributed by atoms with Gasteiger partial charge in [-0.25, -0.2) is 8.42 Å². The molecule has 32 heavy (non-hydrogen) atoms. The number of nitrogens with one attached hydrogen (secondary N) is 1. The van der Waals surface area contributed by atoms with Crippen molar-refractivity contribution in [2.75, 3.05) is 13.1 Å². The first-order valence-electron chi connectivity index (χ1n) is 10.8. The van der Waals surface area contributed by atoms with E-state index in [9.17, 15) is 18.0 Å². The molecule has 0 radical (unpaired) electrons. The summed E-state index contributed by atoms with van der Waals surface area (Å²) in [5, 5.41) is 2.88. The third-order valence-corrected chi connectivity index (χ3v) is 9.31. The van der Waals surface area contributed by atoms with Crippen LogP contribution in [0.2, 0.25) is 0 Å². The van der Waals surface area contributed by atoms with Crippen molar-refractivity contribution in [3.63, 3.8) is 0 Å². The molecule has 1 aromatic heterocycles. The van der Waals surface area contributed by atoms with Crippen molar-refractivity contribution in [1.29, 1.82) is 0 Å². The zero-order valence-electron chi connectivity index (χ0n) is 18.0. The third-order valence-electron chi connectivity index (χ3n) is 5.85. The maximum atomic E-state index is 12.8. The molecule has 2 aliphatic rings. The van der Waals surface area contributed by atoms with E-state index in [4.69, 9.17) is 0 Å². The molecule has 0 spiro atoms. The molecule has 2 aromatic rings. The van der Waals surface area contributed by atoms with Gasteiger partial charge in [-0.3, -0.25) is 9.59 Å². The molecule has 1 fully saturated rings. The van der Waals surface area contributed by atoms with E-state index >= 15 is 0 Å². The van der Waals surface area contributed by atoms with E-state index in [1.165, 1.54) is 18.3 Å². The smallest absolute Gasteiger partial charge is 0.252 e. The number of carbonyl (C=O) groups excluding carboxylic acids is 2. The van der Waals surface area contributed by atoms with Crippen molar-refractivity contribution in [3.8, 4) is 0 Å². The van der Waals surface area contributed by atoms with Crippen LogP contribution in [0, 0.1) is 0 Å². The van der Waals surface area contributed by atoms with Crippen molar-refractivity contribution >= 4 is 39.3 Å². The predicted octanol–water partition coefficient (Wildman–Crippen LogP) is 3.50. The van der Waals surface area contributed by atoms with Crippen LogP contribution in [-0.2, 0) is 26.2 Å². The summed E-state index contributed by atoms with van der Waals surface area (Å²) < 4.78 is 27.5. The molecule has 2 aliphatic heterocycles. The highest BCUT2D eigenvalue weighted by Gasteiger charge is 2.29. The molecule has 0 saturated carbocycles. The van der Waals surface area contributed by atoms with Crippen LogP contribution in [0.4, 0.5) is 0 Å². The number of sulfonamides is 1. The molecule has 1 saturated heterocycles. The Kier molecular flexibility index (Phi) is 6.78. The van der Waals surface area contributed by atoms with Gasteiger partial charge in [-0.2, -0.15) is 4.31 Å². The van der Waals surface area contributed by atoms with Gasteiger partial charge in [0, 0.05) is 31.1 Å². The van der Waals surface area contributed by atoms with E-state index in [1.54, 1.807) is 27.5 Å². The number of fused-ring (bicyclic) bond motifs is 1. The largest absolute Gasteiger partial charge is 0.351 e. The highest BCUT2D eigenvalue weighted by atomic mass is 32.2. The molecule has 1 N–H and O–H groups in total. The number of rotatable bonds is 6. The first-order chi connectivity index (χ1) is 15.4. The number of thiophene rings is 1. The highest BCUT2D eigenvalue weighted by Crippen LogP contribution is 2.33. The number of hydrogen-bond acceptors (Lipinski definition) is 5. The van der Waals surface area contributed by atoms with Crippen molar-refractivity contribution in [3.05, 3.63) is 58.6 Å². The molecule has 0 aliphatic carbocycles. The quantitative estimate of drug-likeness (QED) is 0.696. The maximum Gasteiger partial charge on any atom is 0.252 e. The molecule has 1 atom stereocenters. The number of nitrogens with zero attached hydrogens (tertiary/aromatic N) is 2. The summed E-state index contributed by atoms with van der Waals surface area (Å²) in [6, 6.07) is 10.7. The highest BCUT2D eigenvalue weighted by molar-refractivity contribution is 7.91. The summed E-state index contributed by atoms with van der Waals surface area (Å²) in [5.41, 5.74) is 1.93. The van der Waals surface area contributed by atoms with Crippen molar-refractivity contribution in [1.82, 2.24) is 14.5 Å². The number of amides is 2. The van der Waals surface area contributed by atoms with Gasteiger partial charge in [0.15, 0.2) is 0 Å². The zero-order valence-corrected chi connectivity index (χ0v) is 19.6. The van der Waals surface area contributed by atoms with Crippen LogP contribution in [0.25, 0.3) is 6.08 Å². The Hall–Kier alpha value is -2.49. The summed E-state index contributed by atoms with van der Waals surface area (Å²) in [6.45, 7) is 2.87. The monoisotopic (exact) mass is 473 g/mol. The van der Waals surface area contributed by atoms with Crippen LogP contribution in [0.3, 0.4) is 0 Å². The number of carbonyl (C=O) groups is 2. The Morgan fingerprint density at radius 3 is 2.59 bits per heavy atom. The maximum absolute atomic E-state index is 12.8. The van der Waals surface area contributed by atoms with E-state index in [-0.39, 0.29) is 30.8 Å². The standard InChI is InChI=1S/C23H27N3O4S2/c1-17(27)26-14-11-18-7-3-4-8-20(18)21(26)15-22(28)24-16-19-9-10-23(31-19)32(29,30)25-12-5-2-6-13-25/h3-4,7-11,14,21H,2,5-6,12-13,15-16H2,1H3,(H,24,28). The SMILES string of the molecule is CC(=O)N1C=Cc2ccccc2C1CC(=O)NCc1ccc(S(=O)(=O)N2CCCCC2)s1. The second-order valence-electron chi connectivity index (χ2n) is 8.05. The topological polar surface area (TPSA) is 86.8 Å². The molecular formula is C23H27N3O4S2. The summed E-state index contributed by atoms with van der Waals surface area (Å²) in [7, 11) is -3.47. The average Bonchev–Trinajstić information content (AvgIpc) is 3.28. The Morgan fingerprint density at radius 2 is 1.84 bits per heavy atom. The van der Waals surface area contributed by atoms with Gasteiger partial charge in [0.25, 0.3) is 10.0 Å². The van der Waals surface area contributed by atoms with Crippen molar-refractivity contribution < 1.29 is 18.0 Å². The summed E-state index contributed by atoms with van der Waals surface area (Å²) >= 11 is 1.20. The predicted molar refractivity (Wildman–Crippen MR) is 124 cm³/mol. The normalized spacial score (nSPS) is 18.9. The van der Waals surface area contributed by atoms with E-state index in [2.05, 4.69) is 5.32 Å². The second kappa shape index (κ2) is 9.56. The average molecular weight is 474 g/mol. The van der Waals surface area contributed by atoms with E-state index in [0.717, 1.165) is 35.3 Å². The summed E-state index contributed by atoms with van der Waals surface area (Å²) in [6.07, 6.45) is 6.58. The van der Waals surface area contributed by atoms with Crippen LogP contribution in [-0.4, -0.2) is 42.5 Å². The van der Waals surface area contributed by atoms with E-state index in [1.807, 2.05) is 30.3 Å². The Labute approximate surface area is 192 Å². The van der Waals surface area contributed by atoms with Crippen LogP contribution in [0.1, 0.15) is 54.7 Å². The minimum Gasteiger partial charge on any atom is -0.351 e. The van der Waals surface area contributed by atoms with Gasteiger partial charge in [0.1, 0.15) is 4.21 Å². The lowest BCUT2D eigenvalue weighted by Crippen LogP contribution is -2.35. The van der Waals surface area contributed by atoms with Crippen LogP contribution in [0.5, 0.6) is 0 Å². The van der Waals surface area contributed by atoms with E-state index in [0.29, 0.717) is 17.3 Å². The Bertz CT molecular complexity index is 1130. The number of benzene rings is 1. The van der Waals surface area contributed by atoms with Crippen LogP contribution >= 0.6 is 11.3 Å². The lowest BCUT2D eigenvalue weighted by Gasteiger charge is -2.32. The fraction of sp³-hybridized carbons (Fsp3) is 0.391. The van der Waals surface area contributed by atoms with Gasteiger partial charge in [0.2, 0.25) is 11.8 Å². The van der Waals surface area contributed by atoms with E-state index < -0.39 is 10.0 Å². The fourth-order valence-electron chi connectivity index (χ4n) is 4.17. The second-order valence-corrected chi connectivity index (χ2v) is 11.4. The van der Waals surface area contributed by atoms with Crippen LogP contribution in [0.15, 0.2) is 46.8 Å². The molecule has 9 heteroatoms. The first-order valence-corrected chi connectivity index (χ1v) is 13.0. The van der Waals surface area contributed by atoms with Gasteiger partial charge >= 0.3 is 0 Å². The minimum absolute atomic E-state index is 0.126. The molecule has 4 rings (SSSR count). The zero-order chi connectivity index (χ0) is 22.7. The van der Waals surface area contributed by atoms with Crippen LogP contribution < -0.4 is 5.32 Å².